The second kappa shape index (κ2) is 4.95. The second-order valence-corrected chi connectivity index (χ2v) is 6.62. The maximum Gasteiger partial charge on any atom is 0.148 e. The molecule has 1 saturated carbocycles. The van der Waals surface area contributed by atoms with Crippen LogP contribution >= 0.6 is 0 Å². The minimum absolute atomic E-state index is 0.0482. The Balaban J connectivity index is 2.45. The maximum absolute atomic E-state index is 11.1. The number of nitrogens with one attached hydrogen (secondary N) is 1. The van der Waals surface area contributed by atoms with Crippen molar-refractivity contribution < 1.29 is 8.42 Å². The fourth-order valence-corrected chi connectivity index (χ4v) is 3.19. The molecule has 0 aromatic heterocycles. The predicted molar refractivity (Wildman–Crippen MR) is 59.1 cm³/mol. The van der Waals surface area contributed by atoms with E-state index in [1.165, 1.54) is 6.26 Å². The van der Waals surface area contributed by atoms with Gasteiger partial charge in [-0.2, -0.15) is 5.26 Å². The van der Waals surface area contributed by atoms with Gasteiger partial charge in [-0.25, -0.2) is 8.42 Å². The van der Waals surface area contributed by atoms with Crippen LogP contribution in [0.3, 0.4) is 0 Å². The molecule has 0 heterocycles. The van der Waals surface area contributed by atoms with Crippen molar-refractivity contribution in [2.24, 2.45) is 5.92 Å². The molecule has 0 saturated heterocycles. The molecule has 1 rings (SSSR count). The molecule has 4 nitrogen and oxygen atoms in total. The lowest BCUT2D eigenvalue weighted by Gasteiger charge is -2.20. The van der Waals surface area contributed by atoms with Gasteiger partial charge in [0.15, 0.2) is 0 Å². The third-order valence-corrected chi connectivity index (χ3v) is 3.84. The zero-order chi connectivity index (χ0) is 11.5. The summed E-state index contributed by atoms with van der Waals surface area (Å²) in [4.78, 5) is 0. The molecule has 1 aliphatic carbocycles. The molecule has 3 atom stereocenters. The molecule has 0 bridgehead atoms. The van der Waals surface area contributed by atoms with Crippen LogP contribution in [-0.4, -0.2) is 32.5 Å². The summed E-state index contributed by atoms with van der Waals surface area (Å²) in [5.41, 5.74) is 0. The molecule has 3 unspecified atom stereocenters. The minimum Gasteiger partial charge on any atom is -0.309 e. The van der Waals surface area contributed by atoms with Crippen LogP contribution in [0.15, 0.2) is 0 Å². The predicted octanol–water partition coefficient (Wildman–Crippen LogP) is 0.701. The highest BCUT2D eigenvalue weighted by atomic mass is 32.2. The summed E-state index contributed by atoms with van der Waals surface area (Å²) in [5.74, 6) is 0.189. The van der Waals surface area contributed by atoms with Gasteiger partial charge in [-0.3, -0.25) is 0 Å². The van der Waals surface area contributed by atoms with Crippen LogP contribution in [0.2, 0.25) is 0 Å². The summed E-state index contributed by atoms with van der Waals surface area (Å²) in [6, 6.07) is 2.37. The lowest BCUT2D eigenvalue weighted by atomic mass is 10.1. The molecule has 0 aromatic carbocycles. The van der Waals surface area contributed by atoms with E-state index in [9.17, 15) is 8.42 Å². The smallest absolute Gasteiger partial charge is 0.148 e. The molecular formula is C10H18N2O2S. The summed E-state index contributed by atoms with van der Waals surface area (Å²) in [6.45, 7) is 1.85. The van der Waals surface area contributed by atoms with Gasteiger partial charge in [0.2, 0.25) is 0 Å². The van der Waals surface area contributed by atoms with E-state index in [-0.39, 0.29) is 23.8 Å². The van der Waals surface area contributed by atoms with Gasteiger partial charge in [-0.05, 0) is 19.8 Å². The normalized spacial score (nSPS) is 28.6. The summed E-state index contributed by atoms with van der Waals surface area (Å²) >= 11 is 0. The molecule has 86 valence electrons. The molecule has 0 aromatic rings. The number of nitriles is 1. The van der Waals surface area contributed by atoms with E-state index >= 15 is 0 Å². The third kappa shape index (κ3) is 4.18. The van der Waals surface area contributed by atoms with Crippen molar-refractivity contribution in [3.8, 4) is 6.07 Å². The van der Waals surface area contributed by atoms with E-state index < -0.39 is 9.84 Å². The van der Waals surface area contributed by atoms with Crippen molar-refractivity contribution in [2.45, 2.75) is 38.3 Å². The van der Waals surface area contributed by atoms with Gasteiger partial charge in [0, 0.05) is 18.3 Å². The Bertz CT molecular complexity index is 345. The van der Waals surface area contributed by atoms with Crippen LogP contribution in [0.4, 0.5) is 0 Å². The average Bonchev–Trinajstić information content (AvgIpc) is 2.48. The van der Waals surface area contributed by atoms with E-state index in [0.29, 0.717) is 0 Å². The molecule has 0 amide bonds. The van der Waals surface area contributed by atoms with Gasteiger partial charge >= 0.3 is 0 Å². The van der Waals surface area contributed by atoms with Crippen LogP contribution in [0, 0.1) is 17.2 Å². The van der Waals surface area contributed by atoms with E-state index in [1.807, 2.05) is 6.92 Å². The van der Waals surface area contributed by atoms with Crippen molar-refractivity contribution in [1.82, 2.24) is 5.32 Å². The summed E-state index contributed by atoms with van der Waals surface area (Å²) < 4.78 is 22.1. The highest BCUT2D eigenvalue weighted by Gasteiger charge is 2.28. The van der Waals surface area contributed by atoms with Gasteiger partial charge in [0.05, 0.1) is 17.7 Å². The first-order valence-corrected chi connectivity index (χ1v) is 7.32. The van der Waals surface area contributed by atoms with Gasteiger partial charge in [0.1, 0.15) is 9.84 Å². The Hall–Kier alpha value is -0.600. The van der Waals surface area contributed by atoms with E-state index in [0.717, 1.165) is 19.3 Å². The Morgan fingerprint density at radius 2 is 2.20 bits per heavy atom. The topological polar surface area (TPSA) is 70.0 Å². The van der Waals surface area contributed by atoms with Crippen LogP contribution in [0.1, 0.15) is 26.2 Å². The molecule has 0 radical (unpaired) electrons. The maximum atomic E-state index is 11.1. The molecule has 1 N–H and O–H groups in total. The first-order chi connectivity index (χ1) is 6.92. The minimum atomic E-state index is -2.93. The molecule has 5 heteroatoms. The lowest BCUT2D eigenvalue weighted by Crippen LogP contribution is -2.41. The lowest BCUT2D eigenvalue weighted by molar-refractivity contribution is 0.425. The van der Waals surface area contributed by atoms with Crippen molar-refractivity contribution in [2.75, 3.05) is 12.0 Å². The average molecular weight is 230 g/mol. The Labute approximate surface area is 91.6 Å². The van der Waals surface area contributed by atoms with Crippen LogP contribution < -0.4 is 5.32 Å². The van der Waals surface area contributed by atoms with E-state index in [1.54, 1.807) is 0 Å². The van der Waals surface area contributed by atoms with Crippen molar-refractivity contribution in [3.05, 3.63) is 0 Å². The Kier molecular flexibility index (Phi) is 4.12. The Morgan fingerprint density at radius 1 is 1.53 bits per heavy atom. The first kappa shape index (κ1) is 12.5. The zero-order valence-electron chi connectivity index (χ0n) is 9.23. The molecule has 1 aliphatic rings. The van der Waals surface area contributed by atoms with E-state index in [2.05, 4.69) is 11.4 Å². The highest BCUT2D eigenvalue weighted by Crippen LogP contribution is 2.25. The number of hydrogen-bond acceptors (Lipinski definition) is 4. The van der Waals surface area contributed by atoms with Crippen molar-refractivity contribution in [1.29, 1.82) is 5.26 Å². The number of hydrogen-bond donors (Lipinski definition) is 1. The van der Waals surface area contributed by atoms with Crippen LogP contribution in [0.25, 0.3) is 0 Å². The van der Waals surface area contributed by atoms with Gasteiger partial charge in [0.25, 0.3) is 0 Å². The first-order valence-electron chi connectivity index (χ1n) is 5.26. The third-order valence-electron chi connectivity index (χ3n) is 2.73. The van der Waals surface area contributed by atoms with Crippen LogP contribution in [-0.2, 0) is 9.84 Å². The monoisotopic (exact) mass is 230 g/mol. The fraction of sp³-hybridized carbons (Fsp3) is 0.900. The number of rotatable bonds is 4. The van der Waals surface area contributed by atoms with Gasteiger partial charge < -0.3 is 5.32 Å². The zero-order valence-corrected chi connectivity index (χ0v) is 10.0. The van der Waals surface area contributed by atoms with E-state index in [4.69, 9.17) is 5.26 Å². The quantitative estimate of drug-likeness (QED) is 0.772. The second-order valence-electron chi connectivity index (χ2n) is 4.43. The highest BCUT2D eigenvalue weighted by molar-refractivity contribution is 7.90. The van der Waals surface area contributed by atoms with Gasteiger partial charge in [-0.1, -0.05) is 6.42 Å². The van der Waals surface area contributed by atoms with Gasteiger partial charge in [-0.15, -0.1) is 0 Å². The standard InChI is InChI=1S/C10H18N2O2S/c1-8(7-15(2,13)14)12-10-5-3-4-9(10)6-11/h8-10,12H,3-5,7H2,1-2H3. The fourth-order valence-electron chi connectivity index (χ4n) is 2.18. The number of sulfone groups is 1. The Morgan fingerprint density at radius 3 is 2.73 bits per heavy atom. The van der Waals surface area contributed by atoms with Crippen LogP contribution in [0.5, 0.6) is 0 Å². The molecule has 15 heavy (non-hydrogen) atoms. The summed E-state index contributed by atoms with van der Waals surface area (Å²) in [7, 11) is -2.93. The SMILES string of the molecule is CC(CS(C)(=O)=O)NC1CCCC1C#N. The summed E-state index contributed by atoms with van der Waals surface area (Å²) in [5, 5.41) is 12.1. The largest absolute Gasteiger partial charge is 0.309 e. The van der Waals surface area contributed by atoms with Crippen molar-refractivity contribution in [3.63, 3.8) is 0 Å². The summed E-state index contributed by atoms with van der Waals surface area (Å²) in [6.07, 6.45) is 4.20. The molecule has 0 spiro atoms. The molecule has 0 aliphatic heterocycles. The van der Waals surface area contributed by atoms with Crippen molar-refractivity contribution >= 4 is 9.84 Å². The number of nitrogens with zero attached hydrogens (tertiary/aromatic N) is 1. The molecular weight excluding hydrogens is 212 g/mol. The molecule has 1 fully saturated rings.